The van der Waals surface area contributed by atoms with E-state index in [4.69, 9.17) is 5.73 Å². The van der Waals surface area contributed by atoms with E-state index in [1.54, 1.807) is 22.6 Å². The number of rotatable bonds is 0. The van der Waals surface area contributed by atoms with Gasteiger partial charge in [0.2, 0.25) is 0 Å². The van der Waals surface area contributed by atoms with Crippen molar-refractivity contribution in [3.05, 3.63) is 27.3 Å². The molecule has 1 rings (SSSR count). The van der Waals surface area contributed by atoms with Gasteiger partial charge in [0, 0.05) is 5.69 Å². The summed E-state index contributed by atoms with van der Waals surface area (Å²) in [5, 5.41) is 0. The van der Waals surface area contributed by atoms with Crippen LogP contribution in [0.5, 0.6) is 0 Å². The minimum absolute atomic E-state index is 0. The van der Waals surface area contributed by atoms with Crippen LogP contribution in [0.25, 0.3) is 0 Å². The maximum Gasteiger partial charge on any atom is 0.174 e. The van der Waals surface area contributed by atoms with Gasteiger partial charge >= 0.3 is 0 Å². The Labute approximate surface area is 82.5 Å². The highest BCUT2D eigenvalue weighted by Gasteiger charge is 2.07. The summed E-state index contributed by atoms with van der Waals surface area (Å²) in [6, 6.07) is 2.34. The molecule has 0 saturated carbocycles. The van der Waals surface area contributed by atoms with Crippen molar-refractivity contribution < 1.29 is 8.78 Å². The SMILES string of the molecule is Cl.Nc1ccc(F)c(F)c1I. The maximum atomic E-state index is 12.5. The van der Waals surface area contributed by atoms with Crippen molar-refractivity contribution in [1.29, 1.82) is 0 Å². The first kappa shape index (κ1) is 10.9. The molecule has 0 fully saturated rings. The number of nitrogens with two attached hydrogens (primary N) is 1. The first-order valence-corrected chi connectivity index (χ1v) is 3.60. The molecule has 1 aromatic carbocycles. The highest BCUT2D eigenvalue weighted by atomic mass is 127. The van der Waals surface area contributed by atoms with Crippen LogP contribution >= 0.6 is 35.0 Å². The van der Waals surface area contributed by atoms with Crippen molar-refractivity contribution in [2.45, 2.75) is 0 Å². The first-order chi connectivity index (χ1) is 4.63. The lowest BCUT2D eigenvalue weighted by molar-refractivity contribution is 0.504. The lowest BCUT2D eigenvalue weighted by atomic mass is 10.3. The second-order valence-corrected chi connectivity index (χ2v) is 2.84. The van der Waals surface area contributed by atoms with Gasteiger partial charge in [-0.15, -0.1) is 12.4 Å². The third-order valence-electron chi connectivity index (χ3n) is 1.07. The minimum Gasteiger partial charge on any atom is -0.398 e. The molecular weight excluding hydrogens is 286 g/mol. The van der Waals surface area contributed by atoms with E-state index in [2.05, 4.69) is 0 Å². The maximum absolute atomic E-state index is 12.5. The van der Waals surface area contributed by atoms with E-state index in [0.717, 1.165) is 6.07 Å². The number of halogens is 4. The average Bonchev–Trinajstić information content (AvgIpc) is 1.93. The van der Waals surface area contributed by atoms with Crippen LogP contribution in [0.4, 0.5) is 14.5 Å². The summed E-state index contributed by atoms with van der Waals surface area (Å²) < 4.78 is 25.0. The van der Waals surface area contributed by atoms with Crippen molar-refractivity contribution in [2.24, 2.45) is 0 Å². The lowest BCUT2D eigenvalue weighted by Crippen LogP contribution is -1.95. The zero-order valence-electron chi connectivity index (χ0n) is 5.27. The zero-order valence-corrected chi connectivity index (χ0v) is 8.25. The van der Waals surface area contributed by atoms with E-state index >= 15 is 0 Å². The van der Waals surface area contributed by atoms with Crippen LogP contribution in [-0.2, 0) is 0 Å². The fourth-order valence-corrected chi connectivity index (χ4v) is 0.978. The van der Waals surface area contributed by atoms with Gasteiger partial charge in [-0.3, -0.25) is 0 Å². The molecule has 1 nitrogen and oxygen atoms in total. The summed E-state index contributed by atoms with van der Waals surface area (Å²) in [4.78, 5) is 0. The van der Waals surface area contributed by atoms with Gasteiger partial charge in [-0.25, -0.2) is 8.78 Å². The molecular formula is C6H5ClF2IN. The van der Waals surface area contributed by atoms with Crippen LogP contribution in [0, 0.1) is 15.2 Å². The summed E-state index contributed by atoms with van der Waals surface area (Å²) in [7, 11) is 0. The molecule has 0 unspecified atom stereocenters. The summed E-state index contributed by atoms with van der Waals surface area (Å²) in [6.45, 7) is 0. The van der Waals surface area contributed by atoms with Crippen LogP contribution in [0.1, 0.15) is 0 Å². The Kier molecular flexibility index (Phi) is 4.02. The molecule has 0 bridgehead atoms. The largest absolute Gasteiger partial charge is 0.398 e. The Morgan fingerprint density at radius 3 is 2.27 bits per heavy atom. The van der Waals surface area contributed by atoms with Gasteiger partial charge in [0.05, 0.1) is 3.57 Å². The van der Waals surface area contributed by atoms with Crippen molar-refractivity contribution in [3.8, 4) is 0 Å². The van der Waals surface area contributed by atoms with E-state index in [1.807, 2.05) is 0 Å². The molecule has 2 N–H and O–H groups in total. The van der Waals surface area contributed by atoms with Gasteiger partial charge in [0.15, 0.2) is 11.6 Å². The molecule has 0 saturated heterocycles. The molecule has 0 heterocycles. The molecule has 0 atom stereocenters. The van der Waals surface area contributed by atoms with Gasteiger partial charge in [0.1, 0.15) is 0 Å². The molecule has 0 amide bonds. The predicted molar refractivity (Wildman–Crippen MR) is 50.7 cm³/mol. The summed E-state index contributed by atoms with van der Waals surface area (Å²) in [5.74, 6) is -1.74. The lowest BCUT2D eigenvalue weighted by Gasteiger charge is -1.98. The third kappa shape index (κ3) is 2.16. The molecule has 0 aromatic heterocycles. The second kappa shape index (κ2) is 4.06. The monoisotopic (exact) mass is 291 g/mol. The number of benzene rings is 1. The minimum atomic E-state index is -0.874. The van der Waals surface area contributed by atoms with Gasteiger partial charge in [-0.05, 0) is 34.7 Å². The van der Waals surface area contributed by atoms with Crippen LogP contribution in [0.2, 0.25) is 0 Å². The Morgan fingerprint density at radius 1 is 1.27 bits per heavy atom. The van der Waals surface area contributed by atoms with Gasteiger partial charge in [-0.1, -0.05) is 0 Å². The highest BCUT2D eigenvalue weighted by molar-refractivity contribution is 14.1. The summed E-state index contributed by atoms with van der Waals surface area (Å²) in [6.07, 6.45) is 0. The molecule has 62 valence electrons. The van der Waals surface area contributed by atoms with Crippen molar-refractivity contribution >= 4 is 40.7 Å². The molecule has 0 aliphatic rings. The molecule has 0 spiro atoms. The first-order valence-electron chi connectivity index (χ1n) is 2.52. The summed E-state index contributed by atoms with van der Waals surface area (Å²) >= 11 is 1.65. The second-order valence-electron chi connectivity index (χ2n) is 1.76. The molecule has 5 heteroatoms. The standard InChI is InChI=1S/C6H4F2IN.ClH/c7-3-1-2-4(10)6(9)5(3)8;/h1-2H,10H2;1H. The van der Waals surface area contributed by atoms with Crippen molar-refractivity contribution in [2.75, 3.05) is 5.73 Å². The van der Waals surface area contributed by atoms with E-state index in [0.29, 0.717) is 0 Å². The van der Waals surface area contributed by atoms with Crippen LogP contribution in [0.15, 0.2) is 12.1 Å². The van der Waals surface area contributed by atoms with Crippen molar-refractivity contribution in [3.63, 3.8) is 0 Å². The summed E-state index contributed by atoms with van der Waals surface area (Å²) in [5.41, 5.74) is 5.54. The molecule has 0 aliphatic heterocycles. The van der Waals surface area contributed by atoms with E-state index < -0.39 is 11.6 Å². The van der Waals surface area contributed by atoms with Gasteiger partial charge < -0.3 is 5.73 Å². The van der Waals surface area contributed by atoms with Crippen LogP contribution in [0.3, 0.4) is 0 Å². The van der Waals surface area contributed by atoms with E-state index in [1.165, 1.54) is 6.07 Å². The molecule has 0 aliphatic carbocycles. The predicted octanol–water partition coefficient (Wildman–Crippen LogP) is 2.57. The normalized spacial score (nSPS) is 9.00. The Morgan fingerprint density at radius 2 is 1.82 bits per heavy atom. The Hall–Kier alpha value is -0.100. The zero-order chi connectivity index (χ0) is 7.72. The van der Waals surface area contributed by atoms with E-state index in [9.17, 15) is 8.78 Å². The topological polar surface area (TPSA) is 26.0 Å². The smallest absolute Gasteiger partial charge is 0.174 e. The number of nitrogen functional groups attached to an aromatic ring is 1. The van der Waals surface area contributed by atoms with E-state index in [-0.39, 0.29) is 21.7 Å². The van der Waals surface area contributed by atoms with Crippen molar-refractivity contribution in [1.82, 2.24) is 0 Å². The Bertz CT molecular complexity index is 240. The quantitative estimate of drug-likeness (QED) is 0.444. The fourth-order valence-electron chi connectivity index (χ4n) is 0.541. The highest BCUT2D eigenvalue weighted by Crippen LogP contribution is 2.19. The molecule has 1 aromatic rings. The van der Waals surface area contributed by atoms with Gasteiger partial charge in [0.25, 0.3) is 0 Å². The molecule has 0 radical (unpaired) electrons. The third-order valence-corrected chi connectivity index (χ3v) is 2.16. The number of anilines is 1. The number of hydrogen-bond acceptors (Lipinski definition) is 1. The Balaban J connectivity index is 0.000001000. The van der Waals surface area contributed by atoms with Crippen LogP contribution in [-0.4, -0.2) is 0 Å². The van der Waals surface area contributed by atoms with Crippen LogP contribution < -0.4 is 5.73 Å². The fraction of sp³-hybridized carbons (Fsp3) is 0. The average molecular weight is 291 g/mol. The molecule has 11 heavy (non-hydrogen) atoms. The number of hydrogen-bond donors (Lipinski definition) is 1. The van der Waals surface area contributed by atoms with Gasteiger partial charge in [-0.2, -0.15) is 0 Å².